The van der Waals surface area contributed by atoms with Crippen molar-refractivity contribution in [2.45, 2.75) is 13.0 Å². The van der Waals surface area contributed by atoms with Crippen molar-refractivity contribution in [3.8, 4) is 0 Å². The molecule has 1 unspecified atom stereocenters. The number of aromatic nitrogens is 1. The minimum absolute atomic E-state index is 0.129. The van der Waals surface area contributed by atoms with Gasteiger partial charge in [-0.25, -0.2) is 0 Å². The number of carbonyl (C=O) groups excluding carboxylic acids is 1. The van der Waals surface area contributed by atoms with Crippen LogP contribution in [-0.4, -0.2) is 30.5 Å². The molecular weight excluding hydrogens is 357 g/mol. The molecule has 0 fully saturated rings. The molecule has 2 aromatic carbocycles. The van der Waals surface area contributed by atoms with Gasteiger partial charge in [-0.2, -0.15) is 0 Å². The summed E-state index contributed by atoms with van der Waals surface area (Å²) in [4.78, 5) is 17.7. The number of nitrogens with zero attached hydrogens (tertiary/aromatic N) is 1. The van der Waals surface area contributed by atoms with Crippen molar-refractivity contribution in [3.63, 3.8) is 0 Å². The molecule has 2 N–H and O–H groups in total. The van der Waals surface area contributed by atoms with Crippen LogP contribution in [0.25, 0.3) is 10.9 Å². The van der Waals surface area contributed by atoms with Crippen LogP contribution in [0.1, 0.15) is 17.4 Å². The van der Waals surface area contributed by atoms with E-state index in [1.165, 1.54) is 0 Å². The SMILES string of the molecule is CC(CNC(=O)c1[nH]c2ccc(Cl)cc2c1Cl)N(C)c1ccccc1. The summed E-state index contributed by atoms with van der Waals surface area (Å²) in [5.41, 5.74) is 2.24. The van der Waals surface area contributed by atoms with Gasteiger partial charge in [-0.3, -0.25) is 4.79 Å². The van der Waals surface area contributed by atoms with Gasteiger partial charge in [0.2, 0.25) is 0 Å². The lowest BCUT2D eigenvalue weighted by molar-refractivity contribution is 0.0947. The zero-order chi connectivity index (χ0) is 18.0. The second-order valence-corrected chi connectivity index (χ2v) is 6.82. The molecule has 1 amide bonds. The lowest BCUT2D eigenvalue weighted by atomic mass is 10.2. The summed E-state index contributed by atoms with van der Waals surface area (Å²) in [5, 5.41) is 4.65. The molecule has 0 aliphatic heterocycles. The van der Waals surface area contributed by atoms with Gasteiger partial charge < -0.3 is 15.2 Å². The summed E-state index contributed by atoms with van der Waals surface area (Å²) < 4.78 is 0. The van der Waals surface area contributed by atoms with Gasteiger partial charge in [-0.05, 0) is 37.3 Å². The van der Waals surface area contributed by atoms with E-state index in [0.29, 0.717) is 22.3 Å². The third-order valence-electron chi connectivity index (χ3n) is 4.31. The highest BCUT2D eigenvalue weighted by Crippen LogP contribution is 2.29. The molecule has 3 aromatic rings. The Morgan fingerprint density at radius 1 is 1.20 bits per heavy atom. The monoisotopic (exact) mass is 375 g/mol. The first kappa shape index (κ1) is 17.6. The van der Waals surface area contributed by atoms with E-state index in [1.54, 1.807) is 12.1 Å². The molecule has 1 atom stereocenters. The number of H-pyrrole nitrogens is 1. The highest BCUT2D eigenvalue weighted by molar-refractivity contribution is 6.39. The van der Waals surface area contributed by atoms with Crippen LogP contribution in [-0.2, 0) is 0 Å². The summed E-state index contributed by atoms with van der Waals surface area (Å²) >= 11 is 12.3. The van der Waals surface area contributed by atoms with Gasteiger partial charge in [0.1, 0.15) is 5.69 Å². The van der Waals surface area contributed by atoms with Crippen LogP contribution in [0.2, 0.25) is 10.0 Å². The molecule has 0 aliphatic carbocycles. The van der Waals surface area contributed by atoms with Crippen molar-refractivity contribution in [2.75, 3.05) is 18.5 Å². The van der Waals surface area contributed by atoms with E-state index in [1.807, 2.05) is 43.4 Å². The van der Waals surface area contributed by atoms with Gasteiger partial charge >= 0.3 is 0 Å². The Balaban J connectivity index is 1.69. The quantitative estimate of drug-likeness (QED) is 0.676. The van der Waals surface area contributed by atoms with Crippen molar-refractivity contribution in [2.24, 2.45) is 0 Å². The predicted octanol–water partition coefficient (Wildman–Crippen LogP) is 4.73. The number of aromatic amines is 1. The largest absolute Gasteiger partial charge is 0.370 e. The number of likely N-dealkylation sites (N-methyl/N-ethyl adjacent to an activating group) is 1. The normalized spacial score (nSPS) is 12.2. The molecular formula is C19H19Cl2N3O. The fourth-order valence-electron chi connectivity index (χ4n) is 2.67. The molecule has 130 valence electrons. The number of hydrogen-bond donors (Lipinski definition) is 2. The van der Waals surface area contributed by atoms with E-state index >= 15 is 0 Å². The third-order valence-corrected chi connectivity index (χ3v) is 4.93. The lowest BCUT2D eigenvalue weighted by Gasteiger charge is -2.27. The first-order chi connectivity index (χ1) is 12.0. The molecule has 25 heavy (non-hydrogen) atoms. The Bertz CT molecular complexity index is 892. The van der Waals surface area contributed by atoms with E-state index in [9.17, 15) is 4.79 Å². The molecule has 0 saturated heterocycles. The fraction of sp³-hybridized carbons (Fsp3) is 0.211. The van der Waals surface area contributed by atoms with Crippen molar-refractivity contribution < 1.29 is 4.79 Å². The first-order valence-corrected chi connectivity index (χ1v) is 8.75. The number of amides is 1. The van der Waals surface area contributed by atoms with E-state index in [2.05, 4.69) is 22.1 Å². The molecule has 0 radical (unpaired) electrons. The average molecular weight is 376 g/mol. The third kappa shape index (κ3) is 3.75. The Kier molecular flexibility index (Phi) is 5.21. The van der Waals surface area contributed by atoms with Gasteiger partial charge in [-0.15, -0.1) is 0 Å². The number of para-hydroxylation sites is 1. The number of carbonyl (C=O) groups is 1. The summed E-state index contributed by atoms with van der Waals surface area (Å²) in [5.74, 6) is -0.231. The van der Waals surface area contributed by atoms with Crippen LogP contribution in [0.3, 0.4) is 0 Å². The maximum Gasteiger partial charge on any atom is 0.269 e. The minimum atomic E-state index is -0.231. The van der Waals surface area contributed by atoms with E-state index < -0.39 is 0 Å². The van der Waals surface area contributed by atoms with Gasteiger partial charge in [0.25, 0.3) is 5.91 Å². The van der Waals surface area contributed by atoms with Crippen LogP contribution in [0.15, 0.2) is 48.5 Å². The van der Waals surface area contributed by atoms with Crippen LogP contribution < -0.4 is 10.2 Å². The average Bonchev–Trinajstić information content (AvgIpc) is 2.96. The molecule has 0 spiro atoms. The van der Waals surface area contributed by atoms with Crippen molar-refractivity contribution in [1.82, 2.24) is 10.3 Å². The molecule has 1 heterocycles. The van der Waals surface area contributed by atoms with Crippen molar-refractivity contribution >= 4 is 45.7 Å². The van der Waals surface area contributed by atoms with Gasteiger partial charge in [0, 0.05) is 41.2 Å². The molecule has 0 bridgehead atoms. The number of halogens is 2. The Morgan fingerprint density at radius 3 is 2.64 bits per heavy atom. The highest BCUT2D eigenvalue weighted by atomic mass is 35.5. The number of anilines is 1. The van der Waals surface area contributed by atoms with Gasteiger partial charge in [0.15, 0.2) is 0 Å². The maximum absolute atomic E-state index is 12.5. The standard InChI is InChI=1S/C19H19Cl2N3O/c1-12(24(2)14-6-4-3-5-7-14)11-22-19(25)18-17(21)15-10-13(20)8-9-16(15)23-18/h3-10,12,23H,11H2,1-2H3,(H,22,25). The van der Waals surface area contributed by atoms with Crippen LogP contribution >= 0.6 is 23.2 Å². The van der Waals surface area contributed by atoms with Crippen LogP contribution in [0.4, 0.5) is 5.69 Å². The Labute approximate surface area is 156 Å². The van der Waals surface area contributed by atoms with Crippen LogP contribution in [0, 0.1) is 0 Å². The number of fused-ring (bicyclic) bond motifs is 1. The molecule has 1 aromatic heterocycles. The topological polar surface area (TPSA) is 48.1 Å². The summed E-state index contributed by atoms with van der Waals surface area (Å²) in [6, 6.07) is 15.5. The highest BCUT2D eigenvalue weighted by Gasteiger charge is 2.18. The Hall–Kier alpha value is -2.17. The van der Waals surface area contributed by atoms with E-state index in [-0.39, 0.29) is 11.9 Å². The molecule has 0 saturated carbocycles. The zero-order valence-electron chi connectivity index (χ0n) is 14.0. The molecule has 0 aliphatic rings. The zero-order valence-corrected chi connectivity index (χ0v) is 15.5. The van der Waals surface area contributed by atoms with E-state index in [4.69, 9.17) is 23.2 Å². The molecule has 6 heteroatoms. The van der Waals surface area contributed by atoms with Gasteiger partial charge in [0.05, 0.1) is 5.02 Å². The predicted molar refractivity (Wildman–Crippen MR) is 105 cm³/mol. The number of rotatable bonds is 5. The van der Waals surface area contributed by atoms with Gasteiger partial charge in [-0.1, -0.05) is 41.4 Å². The lowest BCUT2D eigenvalue weighted by Crippen LogP contribution is -2.40. The summed E-state index contributed by atoms with van der Waals surface area (Å²) in [6.07, 6.45) is 0. The second kappa shape index (κ2) is 7.38. The fourth-order valence-corrected chi connectivity index (χ4v) is 3.13. The number of benzene rings is 2. The second-order valence-electron chi connectivity index (χ2n) is 6.01. The van der Waals surface area contributed by atoms with Crippen molar-refractivity contribution in [1.29, 1.82) is 0 Å². The smallest absolute Gasteiger partial charge is 0.269 e. The molecule has 4 nitrogen and oxygen atoms in total. The van der Waals surface area contributed by atoms with Crippen LogP contribution in [0.5, 0.6) is 0 Å². The summed E-state index contributed by atoms with van der Waals surface area (Å²) in [6.45, 7) is 2.55. The molecule has 3 rings (SSSR count). The van der Waals surface area contributed by atoms with E-state index in [0.717, 1.165) is 16.6 Å². The Morgan fingerprint density at radius 2 is 1.92 bits per heavy atom. The number of nitrogens with one attached hydrogen (secondary N) is 2. The van der Waals surface area contributed by atoms with Crippen molar-refractivity contribution in [3.05, 3.63) is 64.3 Å². The maximum atomic E-state index is 12.5. The number of hydrogen-bond acceptors (Lipinski definition) is 2. The summed E-state index contributed by atoms with van der Waals surface area (Å²) in [7, 11) is 2.00. The first-order valence-electron chi connectivity index (χ1n) is 8.00. The minimum Gasteiger partial charge on any atom is -0.370 e.